The highest BCUT2D eigenvalue weighted by atomic mass is 16.2. The van der Waals surface area contributed by atoms with Crippen LogP contribution >= 0.6 is 0 Å². The van der Waals surface area contributed by atoms with Crippen molar-refractivity contribution in [3.05, 3.63) is 59.7 Å². The monoisotopic (exact) mass is 442 g/mol. The maximum atomic E-state index is 12.9. The van der Waals surface area contributed by atoms with Crippen LogP contribution in [0.5, 0.6) is 0 Å². The molecule has 4 amide bonds. The van der Waals surface area contributed by atoms with Crippen molar-refractivity contribution in [2.24, 2.45) is 47.3 Å². The summed E-state index contributed by atoms with van der Waals surface area (Å²) in [5.41, 5.74) is 1.96. The Bertz CT molecular complexity index is 1090. The zero-order valence-corrected chi connectivity index (χ0v) is 18.3. The van der Waals surface area contributed by atoms with Crippen LogP contribution < -0.4 is 0 Å². The van der Waals surface area contributed by atoms with Crippen LogP contribution in [0.3, 0.4) is 0 Å². The first-order chi connectivity index (χ1) is 16.0. The minimum Gasteiger partial charge on any atom is -0.282 e. The summed E-state index contributed by atoms with van der Waals surface area (Å²) >= 11 is 0. The molecule has 8 unspecified atom stereocenters. The van der Waals surface area contributed by atoms with Crippen LogP contribution in [-0.4, -0.2) is 40.0 Å². The maximum Gasteiger partial charge on any atom is 0.234 e. The molecule has 2 saturated heterocycles. The zero-order chi connectivity index (χ0) is 22.4. The van der Waals surface area contributed by atoms with Crippen LogP contribution in [0.2, 0.25) is 0 Å². The first-order valence-electron chi connectivity index (χ1n) is 12.2. The molecular formula is C27H26N2O4. The van der Waals surface area contributed by atoms with Crippen LogP contribution in [0.25, 0.3) is 0 Å². The van der Waals surface area contributed by atoms with E-state index in [1.54, 1.807) is 0 Å². The summed E-state index contributed by atoms with van der Waals surface area (Å²) in [6, 6.07) is 7.85. The molecule has 0 radical (unpaired) electrons. The Kier molecular flexibility index (Phi) is 3.98. The number of nitrogens with zero attached hydrogens (tertiary/aromatic N) is 2. The molecule has 6 heteroatoms. The zero-order valence-electron chi connectivity index (χ0n) is 18.3. The van der Waals surface area contributed by atoms with Gasteiger partial charge in [-0.3, -0.25) is 29.0 Å². The molecule has 1 aromatic carbocycles. The van der Waals surface area contributed by atoms with E-state index in [0.717, 1.165) is 24.0 Å². The van der Waals surface area contributed by atoms with E-state index in [1.165, 1.54) is 9.80 Å². The van der Waals surface area contributed by atoms with Crippen molar-refractivity contribution in [2.45, 2.75) is 25.8 Å². The maximum absolute atomic E-state index is 12.9. The molecule has 4 fully saturated rings. The number of carbonyl (C=O) groups excluding carboxylic acids is 4. The molecule has 1 aromatic rings. The van der Waals surface area contributed by atoms with Crippen molar-refractivity contribution >= 4 is 23.6 Å². The second kappa shape index (κ2) is 6.75. The number of amides is 4. The highest BCUT2D eigenvalue weighted by molar-refractivity contribution is 6.07. The first kappa shape index (κ1) is 19.4. The molecule has 33 heavy (non-hydrogen) atoms. The molecule has 4 aliphatic carbocycles. The summed E-state index contributed by atoms with van der Waals surface area (Å²) in [5, 5.41) is 0. The fourth-order valence-corrected chi connectivity index (χ4v) is 7.54. The van der Waals surface area contributed by atoms with Crippen molar-refractivity contribution in [3.63, 3.8) is 0 Å². The topological polar surface area (TPSA) is 74.8 Å². The lowest BCUT2D eigenvalue weighted by atomic mass is 9.85. The molecule has 7 rings (SSSR count). The van der Waals surface area contributed by atoms with Gasteiger partial charge in [0.05, 0.1) is 30.2 Å². The van der Waals surface area contributed by atoms with Gasteiger partial charge in [0.25, 0.3) is 0 Å². The Labute approximate surface area is 192 Å². The summed E-state index contributed by atoms with van der Waals surface area (Å²) in [4.78, 5) is 54.4. The average molecular weight is 443 g/mol. The van der Waals surface area contributed by atoms with Crippen LogP contribution in [0.4, 0.5) is 0 Å². The first-order valence-corrected chi connectivity index (χ1v) is 12.2. The van der Waals surface area contributed by atoms with Crippen LogP contribution in [0.15, 0.2) is 48.6 Å². The minimum atomic E-state index is -0.160. The third kappa shape index (κ3) is 2.61. The molecule has 4 bridgehead atoms. The summed E-state index contributed by atoms with van der Waals surface area (Å²) in [5.74, 6) is 0.277. The van der Waals surface area contributed by atoms with Crippen LogP contribution in [0.1, 0.15) is 24.0 Å². The van der Waals surface area contributed by atoms with E-state index in [0.29, 0.717) is 19.5 Å². The van der Waals surface area contributed by atoms with Gasteiger partial charge >= 0.3 is 0 Å². The van der Waals surface area contributed by atoms with Gasteiger partial charge in [-0.15, -0.1) is 0 Å². The van der Waals surface area contributed by atoms with Gasteiger partial charge in [0.15, 0.2) is 0 Å². The summed E-state index contributed by atoms with van der Waals surface area (Å²) in [6.07, 6.45) is 11.0. The van der Waals surface area contributed by atoms with Crippen molar-refractivity contribution in [3.8, 4) is 0 Å². The largest absolute Gasteiger partial charge is 0.282 e. The Hall–Kier alpha value is -3.02. The smallest absolute Gasteiger partial charge is 0.234 e. The van der Waals surface area contributed by atoms with Gasteiger partial charge in [-0.05, 0) is 54.1 Å². The number of carbonyl (C=O) groups is 4. The van der Waals surface area contributed by atoms with Gasteiger partial charge in [-0.2, -0.15) is 0 Å². The molecule has 6 nitrogen and oxygen atoms in total. The highest BCUT2D eigenvalue weighted by Crippen LogP contribution is 2.53. The molecule has 8 atom stereocenters. The number of fused-ring (bicyclic) bond motifs is 10. The molecular weight excluding hydrogens is 416 g/mol. The Morgan fingerprint density at radius 1 is 0.576 bits per heavy atom. The molecule has 6 aliphatic rings. The third-order valence-electron chi connectivity index (χ3n) is 9.11. The van der Waals surface area contributed by atoms with Crippen LogP contribution in [-0.2, 0) is 32.1 Å². The lowest BCUT2D eigenvalue weighted by Gasteiger charge is -2.18. The van der Waals surface area contributed by atoms with Crippen molar-refractivity contribution in [1.29, 1.82) is 0 Å². The van der Waals surface area contributed by atoms with Crippen LogP contribution in [0, 0.1) is 47.3 Å². The fraction of sp³-hybridized carbons (Fsp3) is 0.481. The number of likely N-dealkylation sites (tertiary alicyclic amines) is 2. The van der Waals surface area contributed by atoms with Crippen molar-refractivity contribution < 1.29 is 19.2 Å². The van der Waals surface area contributed by atoms with Crippen molar-refractivity contribution in [2.75, 3.05) is 6.54 Å². The molecule has 0 N–H and O–H groups in total. The van der Waals surface area contributed by atoms with E-state index in [4.69, 9.17) is 0 Å². The summed E-state index contributed by atoms with van der Waals surface area (Å²) in [6.45, 7) is 0.721. The summed E-state index contributed by atoms with van der Waals surface area (Å²) < 4.78 is 0. The number of imide groups is 2. The number of rotatable bonds is 5. The Balaban J connectivity index is 0.995. The van der Waals surface area contributed by atoms with Gasteiger partial charge in [-0.25, -0.2) is 0 Å². The molecule has 0 aromatic heterocycles. The standard InChI is InChI=1S/C27H26N2O4/c30-24-20-16-5-6-17(11-16)21(20)25(31)28(24)10-9-14-1-3-15(4-2-14)13-29-26(32)22-18-7-8-19(12-18)23(22)27(29)33/h1-8,16-23H,9-13H2. The number of allylic oxidation sites excluding steroid dienone is 4. The lowest BCUT2D eigenvalue weighted by Crippen LogP contribution is -2.34. The quantitative estimate of drug-likeness (QED) is 0.518. The Morgan fingerprint density at radius 3 is 1.42 bits per heavy atom. The van der Waals surface area contributed by atoms with E-state index < -0.39 is 0 Å². The van der Waals surface area contributed by atoms with Gasteiger partial charge in [0.1, 0.15) is 0 Å². The van der Waals surface area contributed by atoms with E-state index in [-0.39, 0.29) is 71.0 Å². The fourth-order valence-electron chi connectivity index (χ4n) is 7.54. The van der Waals surface area contributed by atoms with Gasteiger partial charge in [0, 0.05) is 6.54 Å². The van der Waals surface area contributed by atoms with Crippen molar-refractivity contribution in [1.82, 2.24) is 9.80 Å². The normalized spacial score (nSPS) is 39.5. The lowest BCUT2D eigenvalue weighted by molar-refractivity contribution is -0.142. The summed E-state index contributed by atoms with van der Waals surface area (Å²) in [7, 11) is 0. The number of hydrogen-bond acceptors (Lipinski definition) is 4. The minimum absolute atomic E-state index is 0.00136. The van der Waals surface area contributed by atoms with Gasteiger partial charge < -0.3 is 0 Å². The Morgan fingerprint density at radius 2 is 0.970 bits per heavy atom. The highest BCUT2D eigenvalue weighted by Gasteiger charge is 2.60. The van der Waals surface area contributed by atoms with E-state index in [1.807, 2.05) is 24.3 Å². The molecule has 0 spiro atoms. The molecule has 2 heterocycles. The predicted octanol–water partition coefficient (Wildman–Crippen LogP) is 2.34. The predicted molar refractivity (Wildman–Crippen MR) is 118 cm³/mol. The number of benzene rings is 1. The molecule has 168 valence electrons. The van der Waals surface area contributed by atoms with E-state index in [2.05, 4.69) is 24.3 Å². The van der Waals surface area contributed by atoms with E-state index in [9.17, 15) is 19.2 Å². The second-order valence-electron chi connectivity index (χ2n) is 10.7. The van der Waals surface area contributed by atoms with E-state index >= 15 is 0 Å². The third-order valence-corrected chi connectivity index (χ3v) is 9.11. The number of hydrogen-bond donors (Lipinski definition) is 0. The molecule has 2 saturated carbocycles. The SMILES string of the molecule is O=C1C2C3C=CC(C3)C2C(=O)N1CCc1ccc(CN2C(=O)C3C4C=CC(C4)C3C2=O)cc1. The van der Waals surface area contributed by atoms with Gasteiger partial charge in [0.2, 0.25) is 23.6 Å². The average Bonchev–Trinajstić information content (AvgIpc) is 3.65. The second-order valence-corrected chi connectivity index (χ2v) is 10.7. The van der Waals surface area contributed by atoms with Gasteiger partial charge in [-0.1, -0.05) is 48.6 Å². The molecule has 2 aliphatic heterocycles.